The SMILES string of the molecule is C=CC(=C)/C=N\N(C)N(C)C=C. The summed E-state index contributed by atoms with van der Waals surface area (Å²) in [6.07, 6.45) is 4.94. The highest BCUT2D eigenvalue weighted by Crippen LogP contribution is 1.92. The molecular formula is C9H15N3. The van der Waals surface area contributed by atoms with Gasteiger partial charge in [-0.2, -0.15) is 5.10 Å². The summed E-state index contributed by atoms with van der Waals surface area (Å²) in [4.78, 5) is 0. The number of rotatable bonds is 5. The van der Waals surface area contributed by atoms with Gasteiger partial charge in [-0.3, -0.25) is 5.01 Å². The predicted molar refractivity (Wildman–Crippen MR) is 53.6 cm³/mol. The molecular weight excluding hydrogens is 150 g/mol. The minimum Gasteiger partial charge on any atom is -0.281 e. The summed E-state index contributed by atoms with van der Waals surface area (Å²) in [7, 11) is 3.66. The van der Waals surface area contributed by atoms with Crippen LogP contribution in [0.15, 0.2) is 42.7 Å². The van der Waals surface area contributed by atoms with Crippen molar-refractivity contribution in [3.05, 3.63) is 37.6 Å². The van der Waals surface area contributed by atoms with Crippen molar-refractivity contribution in [3.8, 4) is 0 Å². The molecule has 0 spiro atoms. The number of hydrazine groups is 1. The second-order valence-electron chi connectivity index (χ2n) is 2.27. The van der Waals surface area contributed by atoms with E-state index in [0.717, 1.165) is 5.57 Å². The van der Waals surface area contributed by atoms with Crippen molar-refractivity contribution in [2.75, 3.05) is 14.1 Å². The molecule has 66 valence electrons. The van der Waals surface area contributed by atoms with Crippen LogP contribution in [0.25, 0.3) is 0 Å². The highest BCUT2D eigenvalue weighted by molar-refractivity contribution is 5.80. The molecule has 0 rings (SSSR count). The molecule has 0 N–H and O–H groups in total. The molecule has 0 amide bonds. The van der Waals surface area contributed by atoms with Crippen LogP contribution in [-0.2, 0) is 0 Å². The van der Waals surface area contributed by atoms with Gasteiger partial charge in [-0.15, -0.1) is 0 Å². The number of hydrogen-bond acceptors (Lipinski definition) is 3. The molecule has 0 aromatic heterocycles. The number of nitrogens with zero attached hydrogens (tertiary/aromatic N) is 3. The van der Waals surface area contributed by atoms with Crippen LogP contribution in [-0.4, -0.2) is 30.4 Å². The molecule has 0 bridgehead atoms. The van der Waals surface area contributed by atoms with E-state index in [1.54, 1.807) is 28.6 Å². The molecule has 0 heterocycles. The molecule has 0 aromatic rings. The van der Waals surface area contributed by atoms with Gasteiger partial charge in [0.15, 0.2) is 0 Å². The fourth-order valence-corrected chi connectivity index (χ4v) is 0.410. The first-order valence-corrected chi connectivity index (χ1v) is 3.56. The van der Waals surface area contributed by atoms with E-state index in [1.165, 1.54) is 0 Å². The van der Waals surface area contributed by atoms with E-state index in [9.17, 15) is 0 Å². The van der Waals surface area contributed by atoms with E-state index >= 15 is 0 Å². The molecule has 0 aliphatic heterocycles. The predicted octanol–water partition coefficient (Wildman–Crippen LogP) is 1.64. The van der Waals surface area contributed by atoms with Gasteiger partial charge in [-0.1, -0.05) is 25.8 Å². The van der Waals surface area contributed by atoms with E-state index in [2.05, 4.69) is 24.8 Å². The smallest absolute Gasteiger partial charge is 0.0556 e. The zero-order valence-corrected chi connectivity index (χ0v) is 7.70. The summed E-state index contributed by atoms with van der Waals surface area (Å²) in [6, 6.07) is 0. The van der Waals surface area contributed by atoms with Crippen LogP contribution >= 0.6 is 0 Å². The number of allylic oxidation sites excluding steroid dienone is 2. The molecule has 3 heteroatoms. The molecule has 0 radical (unpaired) electrons. The first kappa shape index (κ1) is 10.5. The first-order chi connectivity index (χ1) is 5.61. The van der Waals surface area contributed by atoms with Crippen LogP contribution in [0, 0.1) is 0 Å². The summed E-state index contributed by atoms with van der Waals surface area (Å²) in [6.45, 7) is 10.8. The normalized spacial score (nSPS) is 9.50. The molecule has 0 saturated carbocycles. The fraction of sp³-hybridized carbons (Fsp3) is 0.222. The maximum Gasteiger partial charge on any atom is 0.0556 e. The third-order valence-electron chi connectivity index (χ3n) is 1.37. The van der Waals surface area contributed by atoms with Gasteiger partial charge in [0.1, 0.15) is 0 Å². The van der Waals surface area contributed by atoms with Crippen molar-refractivity contribution in [3.63, 3.8) is 0 Å². The molecule has 0 atom stereocenters. The Labute approximate surface area is 73.9 Å². The van der Waals surface area contributed by atoms with E-state index in [1.807, 2.05) is 14.1 Å². The Kier molecular flexibility index (Phi) is 4.53. The average molecular weight is 165 g/mol. The van der Waals surface area contributed by atoms with Gasteiger partial charge in [0.05, 0.1) is 6.21 Å². The van der Waals surface area contributed by atoms with Crippen LogP contribution in [0.4, 0.5) is 0 Å². The maximum atomic E-state index is 4.06. The third kappa shape index (κ3) is 3.61. The Bertz CT molecular complexity index is 206. The van der Waals surface area contributed by atoms with E-state index in [-0.39, 0.29) is 0 Å². The highest BCUT2D eigenvalue weighted by atomic mass is 15.7. The van der Waals surface area contributed by atoms with Gasteiger partial charge >= 0.3 is 0 Å². The lowest BCUT2D eigenvalue weighted by atomic mass is 10.3. The van der Waals surface area contributed by atoms with Crippen LogP contribution in [0.3, 0.4) is 0 Å². The molecule has 3 nitrogen and oxygen atoms in total. The molecule has 12 heavy (non-hydrogen) atoms. The summed E-state index contributed by atoms with van der Waals surface area (Å²) < 4.78 is 0. The molecule has 0 saturated heterocycles. The number of hydrazone groups is 1. The summed E-state index contributed by atoms with van der Waals surface area (Å²) in [5, 5.41) is 7.44. The van der Waals surface area contributed by atoms with Crippen molar-refractivity contribution >= 4 is 6.21 Å². The van der Waals surface area contributed by atoms with Crippen LogP contribution in [0.5, 0.6) is 0 Å². The monoisotopic (exact) mass is 165 g/mol. The lowest BCUT2D eigenvalue weighted by molar-refractivity contribution is 0.0864. The zero-order valence-electron chi connectivity index (χ0n) is 7.70. The average Bonchev–Trinajstić information content (AvgIpc) is 2.11. The Morgan fingerprint density at radius 1 is 1.33 bits per heavy atom. The molecule has 0 aliphatic carbocycles. The lowest BCUT2D eigenvalue weighted by Gasteiger charge is -2.22. The molecule has 0 unspecified atom stereocenters. The largest absolute Gasteiger partial charge is 0.281 e. The summed E-state index contributed by atoms with van der Waals surface area (Å²) in [5.74, 6) is 0. The summed E-state index contributed by atoms with van der Waals surface area (Å²) >= 11 is 0. The van der Waals surface area contributed by atoms with Crippen molar-refractivity contribution in [2.24, 2.45) is 5.10 Å². The lowest BCUT2D eigenvalue weighted by Crippen LogP contribution is -2.27. The van der Waals surface area contributed by atoms with E-state index in [0.29, 0.717) is 0 Å². The number of hydrogen-bond donors (Lipinski definition) is 0. The van der Waals surface area contributed by atoms with Crippen molar-refractivity contribution in [1.82, 2.24) is 10.1 Å². The standard InChI is InChI=1S/C9H15N3/c1-6-9(3)8-10-12(5)11(4)7-2/h6-8H,1-3H2,4-5H3/b10-8-. The quantitative estimate of drug-likeness (QED) is 0.350. The van der Waals surface area contributed by atoms with Gasteiger partial charge in [0, 0.05) is 20.3 Å². The van der Waals surface area contributed by atoms with Crippen LogP contribution in [0.1, 0.15) is 0 Å². The molecule has 0 aliphatic rings. The first-order valence-electron chi connectivity index (χ1n) is 3.56. The molecule has 0 fully saturated rings. The fourth-order valence-electron chi connectivity index (χ4n) is 0.410. The minimum atomic E-state index is 0.777. The minimum absolute atomic E-state index is 0.777. The van der Waals surface area contributed by atoms with Gasteiger partial charge in [-0.25, -0.2) is 5.12 Å². The van der Waals surface area contributed by atoms with Crippen LogP contribution in [0.2, 0.25) is 0 Å². The van der Waals surface area contributed by atoms with Gasteiger partial charge in [0.25, 0.3) is 0 Å². The van der Waals surface area contributed by atoms with E-state index in [4.69, 9.17) is 0 Å². The second kappa shape index (κ2) is 5.18. The second-order valence-corrected chi connectivity index (χ2v) is 2.27. The van der Waals surface area contributed by atoms with Gasteiger partial charge in [0.2, 0.25) is 0 Å². The Balaban J connectivity index is 4.06. The zero-order chi connectivity index (χ0) is 9.56. The molecule has 0 aromatic carbocycles. The Morgan fingerprint density at radius 2 is 1.92 bits per heavy atom. The highest BCUT2D eigenvalue weighted by Gasteiger charge is 1.92. The third-order valence-corrected chi connectivity index (χ3v) is 1.37. The van der Waals surface area contributed by atoms with Crippen LogP contribution < -0.4 is 0 Å². The van der Waals surface area contributed by atoms with Crippen molar-refractivity contribution < 1.29 is 0 Å². The van der Waals surface area contributed by atoms with E-state index < -0.39 is 0 Å². The Hall–Kier alpha value is -1.51. The van der Waals surface area contributed by atoms with Gasteiger partial charge < -0.3 is 0 Å². The maximum absolute atomic E-state index is 4.06. The van der Waals surface area contributed by atoms with Crippen molar-refractivity contribution in [2.45, 2.75) is 0 Å². The van der Waals surface area contributed by atoms with Gasteiger partial charge in [-0.05, 0) is 5.57 Å². The Morgan fingerprint density at radius 3 is 2.33 bits per heavy atom. The topological polar surface area (TPSA) is 18.8 Å². The summed E-state index contributed by atoms with van der Waals surface area (Å²) in [5.41, 5.74) is 0.777. The van der Waals surface area contributed by atoms with Crippen molar-refractivity contribution in [1.29, 1.82) is 0 Å².